The predicted octanol–water partition coefficient (Wildman–Crippen LogP) is 1.99. The van der Waals surface area contributed by atoms with Crippen molar-refractivity contribution < 1.29 is 19.4 Å². The number of carbonyl (C=O) groups excluding carboxylic acids is 1. The molecular weight excluding hydrogens is 260 g/mol. The summed E-state index contributed by atoms with van der Waals surface area (Å²) in [5.74, 6) is -0.787. The van der Waals surface area contributed by atoms with E-state index in [1.807, 2.05) is 27.7 Å². The number of aliphatic carboxylic acids is 1. The van der Waals surface area contributed by atoms with Gasteiger partial charge in [0.15, 0.2) is 0 Å². The molecule has 0 aromatic carbocycles. The minimum absolute atomic E-state index is 0.103. The van der Waals surface area contributed by atoms with E-state index in [2.05, 4.69) is 10.6 Å². The lowest BCUT2D eigenvalue weighted by Gasteiger charge is -2.27. The Morgan fingerprint density at radius 1 is 1.15 bits per heavy atom. The van der Waals surface area contributed by atoms with Gasteiger partial charge in [-0.05, 0) is 32.1 Å². The van der Waals surface area contributed by atoms with E-state index in [1.165, 1.54) is 0 Å². The Hall–Kier alpha value is -1.30. The van der Waals surface area contributed by atoms with Gasteiger partial charge in [0.1, 0.15) is 0 Å². The Morgan fingerprint density at radius 3 is 2.25 bits per heavy atom. The van der Waals surface area contributed by atoms with E-state index in [4.69, 9.17) is 9.84 Å². The topological polar surface area (TPSA) is 87.7 Å². The molecule has 20 heavy (non-hydrogen) atoms. The van der Waals surface area contributed by atoms with Crippen LogP contribution in [0.2, 0.25) is 0 Å². The van der Waals surface area contributed by atoms with E-state index in [1.54, 1.807) is 7.11 Å². The highest BCUT2D eigenvalue weighted by atomic mass is 16.5. The maximum Gasteiger partial charge on any atom is 0.315 e. The SMILES string of the molecule is COCC(C)(C)NC(=O)NCCC(C)(C)CCC(=O)O. The van der Waals surface area contributed by atoms with Crippen LogP contribution in [0.5, 0.6) is 0 Å². The molecule has 0 aliphatic carbocycles. The minimum Gasteiger partial charge on any atom is -0.481 e. The van der Waals surface area contributed by atoms with Crippen LogP contribution < -0.4 is 10.6 Å². The van der Waals surface area contributed by atoms with Crippen molar-refractivity contribution in [2.24, 2.45) is 5.41 Å². The second kappa shape index (κ2) is 8.09. The largest absolute Gasteiger partial charge is 0.481 e. The van der Waals surface area contributed by atoms with Crippen molar-refractivity contribution in [1.82, 2.24) is 10.6 Å². The number of amides is 2. The van der Waals surface area contributed by atoms with E-state index in [0.717, 1.165) is 6.42 Å². The third-order valence-corrected chi connectivity index (χ3v) is 3.06. The number of carbonyl (C=O) groups is 2. The summed E-state index contributed by atoms with van der Waals surface area (Å²) >= 11 is 0. The molecule has 6 nitrogen and oxygen atoms in total. The molecule has 118 valence electrons. The van der Waals surface area contributed by atoms with Gasteiger partial charge < -0.3 is 20.5 Å². The second-order valence-corrected chi connectivity index (χ2v) is 6.51. The summed E-state index contributed by atoms with van der Waals surface area (Å²) in [5.41, 5.74) is -0.522. The fourth-order valence-electron chi connectivity index (χ4n) is 1.83. The van der Waals surface area contributed by atoms with Gasteiger partial charge in [0.2, 0.25) is 0 Å². The molecule has 0 rings (SSSR count). The molecule has 0 heterocycles. The van der Waals surface area contributed by atoms with Gasteiger partial charge in [0.05, 0.1) is 12.1 Å². The van der Waals surface area contributed by atoms with Gasteiger partial charge in [-0.15, -0.1) is 0 Å². The third kappa shape index (κ3) is 9.61. The van der Waals surface area contributed by atoms with Crippen molar-refractivity contribution in [1.29, 1.82) is 0 Å². The first kappa shape index (κ1) is 18.7. The second-order valence-electron chi connectivity index (χ2n) is 6.51. The number of hydrogen-bond donors (Lipinski definition) is 3. The molecule has 0 saturated heterocycles. The fraction of sp³-hybridized carbons (Fsp3) is 0.857. The Bertz CT molecular complexity index is 327. The van der Waals surface area contributed by atoms with Crippen molar-refractivity contribution in [3.63, 3.8) is 0 Å². The van der Waals surface area contributed by atoms with E-state index in [-0.39, 0.29) is 17.9 Å². The highest BCUT2D eigenvalue weighted by molar-refractivity contribution is 5.74. The quantitative estimate of drug-likeness (QED) is 0.605. The van der Waals surface area contributed by atoms with Gasteiger partial charge >= 0.3 is 12.0 Å². The first-order valence-electron chi connectivity index (χ1n) is 6.85. The average Bonchev–Trinajstić information content (AvgIpc) is 2.25. The average molecular weight is 288 g/mol. The Morgan fingerprint density at radius 2 is 1.75 bits per heavy atom. The molecule has 0 bridgehead atoms. The number of rotatable bonds is 9. The summed E-state index contributed by atoms with van der Waals surface area (Å²) in [6, 6.07) is -0.235. The lowest BCUT2D eigenvalue weighted by Crippen LogP contribution is -2.51. The summed E-state index contributed by atoms with van der Waals surface area (Å²) in [6.45, 7) is 8.72. The van der Waals surface area contributed by atoms with Gasteiger partial charge in [0.25, 0.3) is 0 Å². The zero-order valence-corrected chi connectivity index (χ0v) is 13.2. The molecule has 6 heteroatoms. The van der Waals surface area contributed by atoms with Crippen molar-refractivity contribution >= 4 is 12.0 Å². The molecule has 0 fully saturated rings. The monoisotopic (exact) mass is 288 g/mol. The lowest BCUT2D eigenvalue weighted by molar-refractivity contribution is -0.137. The predicted molar refractivity (Wildman–Crippen MR) is 77.8 cm³/mol. The molecule has 0 unspecified atom stereocenters. The summed E-state index contributed by atoms with van der Waals surface area (Å²) in [6.07, 6.45) is 1.49. The maximum absolute atomic E-state index is 11.7. The summed E-state index contributed by atoms with van der Waals surface area (Å²) in [7, 11) is 1.59. The van der Waals surface area contributed by atoms with Crippen LogP contribution in [0, 0.1) is 5.41 Å². The molecular formula is C14H28N2O4. The molecule has 0 aliphatic rings. The molecule has 0 radical (unpaired) electrons. The summed E-state index contributed by atoms with van der Waals surface area (Å²) < 4.78 is 5.02. The minimum atomic E-state index is -0.787. The summed E-state index contributed by atoms with van der Waals surface area (Å²) in [5, 5.41) is 14.3. The van der Waals surface area contributed by atoms with Crippen LogP contribution in [-0.2, 0) is 9.53 Å². The van der Waals surface area contributed by atoms with E-state index < -0.39 is 11.5 Å². The highest BCUT2D eigenvalue weighted by Gasteiger charge is 2.22. The van der Waals surface area contributed by atoms with Crippen LogP contribution >= 0.6 is 0 Å². The van der Waals surface area contributed by atoms with Crippen molar-refractivity contribution in [3.8, 4) is 0 Å². The van der Waals surface area contributed by atoms with E-state index in [9.17, 15) is 9.59 Å². The Labute approximate surface area is 121 Å². The van der Waals surface area contributed by atoms with Gasteiger partial charge in [-0.3, -0.25) is 4.79 Å². The van der Waals surface area contributed by atoms with Crippen LogP contribution in [0.1, 0.15) is 47.0 Å². The molecule has 0 saturated carbocycles. The van der Waals surface area contributed by atoms with Crippen LogP contribution in [0.15, 0.2) is 0 Å². The van der Waals surface area contributed by atoms with Crippen molar-refractivity contribution in [2.45, 2.75) is 52.5 Å². The molecule has 0 aromatic rings. The molecule has 0 atom stereocenters. The van der Waals surface area contributed by atoms with Gasteiger partial charge in [-0.2, -0.15) is 0 Å². The number of carboxylic acids is 1. The van der Waals surface area contributed by atoms with E-state index >= 15 is 0 Å². The first-order valence-corrected chi connectivity index (χ1v) is 6.85. The standard InChI is InChI=1S/C14H28N2O4/c1-13(2,7-6-11(17)18)8-9-15-12(19)16-14(3,4)10-20-5/h6-10H2,1-5H3,(H,17,18)(H2,15,16,19). The Kier molecular flexibility index (Phi) is 7.57. The van der Waals surface area contributed by atoms with Gasteiger partial charge in [-0.1, -0.05) is 13.8 Å². The molecule has 2 amide bonds. The first-order chi connectivity index (χ1) is 9.08. The lowest BCUT2D eigenvalue weighted by atomic mass is 9.84. The smallest absolute Gasteiger partial charge is 0.315 e. The highest BCUT2D eigenvalue weighted by Crippen LogP contribution is 2.25. The number of hydrogen-bond acceptors (Lipinski definition) is 3. The number of carboxylic acid groups (broad SMARTS) is 1. The summed E-state index contributed by atoms with van der Waals surface area (Å²) in [4.78, 5) is 22.3. The van der Waals surface area contributed by atoms with Crippen LogP contribution in [-0.4, -0.2) is 42.9 Å². The van der Waals surface area contributed by atoms with Crippen LogP contribution in [0.3, 0.4) is 0 Å². The van der Waals surface area contributed by atoms with Gasteiger partial charge in [-0.25, -0.2) is 4.79 Å². The molecule has 0 spiro atoms. The van der Waals surface area contributed by atoms with Crippen molar-refractivity contribution in [3.05, 3.63) is 0 Å². The molecule has 0 aliphatic heterocycles. The number of urea groups is 1. The number of methoxy groups -OCH3 is 1. The normalized spacial score (nSPS) is 12.1. The van der Waals surface area contributed by atoms with Crippen molar-refractivity contribution in [2.75, 3.05) is 20.3 Å². The number of ether oxygens (including phenoxy) is 1. The number of nitrogens with one attached hydrogen (secondary N) is 2. The van der Waals surface area contributed by atoms with Gasteiger partial charge in [0, 0.05) is 20.1 Å². The van der Waals surface area contributed by atoms with Crippen LogP contribution in [0.4, 0.5) is 4.79 Å². The third-order valence-electron chi connectivity index (χ3n) is 3.06. The van der Waals surface area contributed by atoms with Crippen LogP contribution in [0.25, 0.3) is 0 Å². The molecule has 0 aromatic heterocycles. The Balaban J connectivity index is 3.99. The molecule has 3 N–H and O–H groups in total. The van der Waals surface area contributed by atoms with E-state index in [0.29, 0.717) is 19.6 Å². The maximum atomic E-state index is 11.7. The zero-order chi connectivity index (χ0) is 15.8. The fourth-order valence-corrected chi connectivity index (χ4v) is 1.83. The zero-order valence-electron chi connectivity index (χ0n) is 13.2.